The van der Waals surface area contributed by atoms with Crippen molar-refractivity contribution in [3.63, 3.8) is 0 Å². The molecule has 0 N–H and O–H groups in total. The van der Waals surface area contributed by atoms with Gasteiger partial charge in [0.25, 0.3) is 5.56 Å². The zero-order valence-corrected chi connectivity index (χ0v) is 17.9. The van der Waals surface area contributed by atoms with E-state index in [1.807, 2.05) is 42.5 Å². The maximum absolute atomic E-state index is 13.2. The molecule has 0 bridgehead atoms. The largest absolute Gasteiger partial charge is 0.496 e. The molecule has 4 rings (SSSR count). The van der Waals surface area contributed by atoms with Gasteiger partial charge in [-0.2, -0.15) is 9.78 Å². The number of ether oxygens (including phenoxy) is 1. The van der Waals surface area contributed by atoms with E-state index in [4.69, 9.17) is 9.72 Å². The number of hydrogen-bond donors (Lipinski definition) is 0. The monoisotopic (exact) mass is 487 g/mol. The van der Waals surface area contributed by atoms with Gasteiger partial charge in [-0.3, -0.25) is 4.79 Å². The highest BCUT2D eigenvalue weighted by Gasteiger charge is 2.22. The van der Waals surface area contributed by atoms with Gasteiger partial charge in [0.2, 0.25) is 0 Å². The lowest BCUT2D eigenvalue weighted by molar-refractivity contribution is 0.412. The highest BCUT2D eigenvalue weighted by molar-refractivity contribution is 14.1. The van der Waals surface area contributed by atoms with Crippen LogP contribution in [-0.2, 0) is 0 Å². The Morgan fingerprint density at radius 1 is 1.18 bits per heavy atom. The smallest absolute Gasteiger partial charge is 0.282 e. The van der Waals surface area contributed by atoms with Gasteiger partial charge in [-0.25, -0.2) is 4.98 Å². The maximum Gasteiger partial charge on any atom is 0.282 e. The summed E-state index contributed by atoms with van der Waals surface area (Å²) in [5.41, 5.74) is 1.56. The van der Waals surface area contributed by atoms with Gasteiger partial charge in [0.05, 0.1) is 27.8 Å². The quantitative estimate of drug-likeness (QED) is 0.387. The second-order valence-electron chi connectivity index (χ2n) is 7.08. The second kappa shape index (κ2) is 8.43. The molecule has 1 heterocycles. The van der Waals surface area contributed by atoms with E-state index in [2.05, 4.69) is 27.7 Å². The van der Waals surface area contributed by atoms with Crippen LogP contribution in [0.5, 0.6) is 5.75 Å². The molecule has 0 spiro atoms. The Kier molecular flexibility index (Phi) is 5.75. The van der Waals surface area contributed by atoms with Gasteiger partial charge in [0.1, 0.15) is 11.6 Å². The van der Waals surface area contributed by atoms with Crippen LogP contribution in [0.15, 0.2) is 52.4 Å². The molecule has 6 heteroatoms. The first-order valence-electron chi connectivity index (χ1n) is 9.57. The van der Waals surface area contributed by atoms with Gasteiger partial charge in [-0.1, -0.05) is 31.4 Å². The number of halogens is 1. The molecule has 0 aliphatic heterocycles. The molecule has 1 fully saturated rings. The van der Waals surface area contributed by atoms with E-state index in [1.54, 1.807) is 13.3 Å². The Balaban J connectivity index is 1.81. The Hall–Kier alpha value is -2.22. The average molecular weight is 487 g/mol. The molecule has 1 saturated carbocycles. The summed E-state index contributed by atoms with van der Waals surface area (Å²) in [7, 11) is 1.65. The first-order valence-corrected chi connectivity index (χ1v) is 10.6. The third-order valence-electron chi connectivity index (χ3n) is 5.25. The zero-order chi connectivity index (χ0) is 19.5. The molecule has 0 saturated heterocycles. The van der Waals surface area contributed by atoms with E-state index in [-0.39, 0.29) is 11.5 Å². The third kappa shape index (κ3) is 3.83. The molecule has 0 radical (unpaired) electrons. The van der Waals surface area contributed by atoms with Crippen LogP contribution in [0.25, 0.3) is 10.9 Å². The topological polar surface area (TPSA) is 56.5 Å². The minimum Gasteiger partial charge on any atom is -0.496 e. The number of benzene rings is 2. The number of rotatable bonds is 4. The first kappa shape index (κ1) is 19.1. The van der Waals surface area contributed by atoms with Crippen molar-refractivity contribution in [2.45, 2.75) is 38.0 Å². The molecule has 1 aliphatic rings. The predicted molar refractivity (Wildman–Crippen MR) is 121 cm³/mol. The minimum absolute atomic E-state index is 0.106. The molecular formula is C22H22IN3O2. The van der Waals surface area contributed by atoms with E-state index < -0.39 is 0 Å². The highest BCUT2D eigenvalue weighted by Crippen LogP contribution is 2.31. The standard InChI is InChI=1S/C22H22IN3O2/c1-28-20-12-11-15(13-18(20)23)14-24-26-21(16-7-3-2-4-8-16)25-19-10-6-5-9-17(19)22(26)27/h5-6,9-14,16H,2-4,7-8H2,1H3. The van der Waals surface area contributed by atoms with Crippen LogP contribution < -0.4 is 10.3 Å². The summed E-state index contributed by atoms with van der Waals surface area (Å²) in [5.74, 6) is 1.88. The number of fused-ring (bicyclic) bond motifs is 1. The summed E-state index contributed by atoms with van der Waals surface area (Å²) >= 11 is 2.23. The van der Waals surface area contributed by atoms with Crippen molar-refractivity contribution >= 4 is 39.7 Å². The van der Waals surface area contributed by atoms with Crippen molar-refractivity contribution in [3.05, 3.63) is 67.8 Å². The fourth-order valence-corrected chi connectivity index (χ4v) is 4.52. The van der Waals surface area contributed by atoms with Crippen molar-refractivity contribution in [1.82, 2.24) is 9.66 Å². The van der Waals surface area contributed by atoms with Gasteiger partial charge in [-0.05, 0) is 71.3 Å². The zero-order valence-electron chi connectivity index (χ0n) is 15.8. The molecule has 0 atom stereocenters. The number of hydrogen-bond acceptors (Lipinski definition) is 4. The Morgan fingerprint density at radius 3 is 2.71 bits per heavy atom. The number of nitrogens with zero attached hydrogens (tertiary/aromatic N) is 3. The molecule has 2 aromatic carbocycles. The van der Waals surface area contributed by atoms with Gasteiger partial charge >= 0.3 is 0 Å². The molecule has 1 aromatic heterocycles. The molecule has 1 aliphatic carbocycles. The van der Waals surface area contributed by atoms with Crippen LogP contribution in [0, 0.1) is 3.57 Å². The van der Waals surface area contributed by atoms with Gasteiger partial charge in [0.15, 0.2) is 0 Å². The van der Waals surface area contributed by atoms with E-state index in [1.165, 1.54) is 23.9 Å². The lowest BCUT2D eigenvalue weighted by Crippen LogP contribution is -2.25. The van der Waals surface area contributed by atoms with E-state index in [0.29, 0.717) is 5.39 Å². The fraction of sp³-hybridized carbons (Fsp3) is 0.318. The van der Waals surface area contributed by atoms with Crippen molar-refractivity contribution in [2.24, 2.45) is 5.10 Å². The predicted octanol–water partition coefficient (Wildman–Crippen LogP) is 4.94. The summed E-state index contributed by atoms with van der Waals surface area (Å²) in [5, 5.41) is 5.17. The van der Waals surface area contributed by atoms with Crippen molar-refractivity contribution in [3.8, 4) is 5.75 Å². The summed E-state index contributed by atoms with van der Waals surface area (Å²) in [4.78, 5) is 18.0. The van der Waals surface area contributed by atoms with Gasteiger partial charge in [-0.15, -0.1) is 0 Å². The van der Waals surface area contributed by atoms with Crippen LogP contribution >= 0.6 is 22.6 Å². The van der Waals surface area contributed by atoms with Crippen LogP contribution in [0.2, 0.25) is 0 Å². The molecule has 144 valence electrons. The van der Waals surface area contributed by atoms with Crippen molar-refractivity contribution in [1.29, 1.82) is 0 Å². The molecular weight excluding hydrogens is 465 g/mol. The summed E-state index contributed by atoms with van der Waals surface area (Å²) in [6.07, 6.45) is 7.44. The van der Waals surface area contributed by atoms with Crippen LogP contribution in [0.4, 0.5) is 0 Å². The molecule has 0 unspecified atom stereocenters. The Morgan fingerprint density at radius 2 is 1.96 bits per heavy atom. The van der Waals surface area contributed by atoms with Crippen LogP contribution in [-0.4, -0.2) is 23.0 Å². The van der Waals surface area contributed by atoms with E-state index in [9.17, 15) is 4.79 Å². The number of aromatic nitrogens is 2. The lowest BCUT2D eigenvalue weighted by Gasteiger charge is -2.22. The van der Waals surface area contributed by atoms with Crippen LogP contribution in [0.3, 0.4) is 0 Å². The molecule has 28 heavy (non-hydrogen) atoms. The van der Waals surface area contributed by atoms with Crippen molar-refractivity contribution in [2.75, 3.05) is 7.11 Å². The third-order valence-corrected chi connectivity index (χ3v) is 6.09. The molecule has 5 nitrogen and oxygen atoms in total. The van der Waals surface area contributed by atoms with Gasteiger partial charge < -0.3 is 4.74 Å². The molecule has 3 aromatic rings. The Bertz CT molecular complexity index is 1080. The fourth-order valence-electron chi connectivity index (χ4n) is 3.76. The van der Waals surface area contributed by atoms with E-state index >= 15 is 0 Å². The lowest BCUT2D eigenvalue weighted by atomic mass is 9.88. The second-order valence-corrected chi connectivity index (χ2v) is 8.24. The Labute approximate surface area is 177 Å². The maximum atomic E-state index is 13.2. The summed E-state index contributed by atoms with van der Waals surface area (Å²) < 4.78 is 7.82. The van der Waals surface area contributed by atoms with E-state index in [0.717, 1.165) is 39.1 Å². The van der Waals surface area contributed by atoms with Crippen LogP contribution in [0.1, 0.15) is 49.4 Å². The highest BCUT2D eigenvalue weighted by atomic mass is 127. The van der Waals surface area contributed by atoms with Gasteiger partial charge in [0, 0.05) is 5.92 Å². The normalized spacial score (nSPS) is 15.4. The SMILES string of the molecule is COc1ccc(C=Nn2c(C3CCCCC3)nc3ccccc3c2=O)cc1I. The van der Waals surface area contributed by atoms with Crippen molar-refractivity contribution < 1.29 is 4.74 Å². The number of para-hydroxylation sites is 1. The first-order chi connectivity index (χ1) is 13.7. The summed E-state index contributed by atoms with van der Waals surface area (Å²) in [6.45, 7) is 0. The number of methoxy groups -OCH3 is 1. The minimum atomic E-state index is -0.106. The molecule has 0 amide bonds. The summed E-state index contributed by atoms with van der Waals surface area (Å²) in [6, 6.07) is 13.3. The average Bonchev–Trinajstić information content (AvgIpc) is 2.74.